The molecular formula is C16H15N3O4. The second kappa shape index (κ2) is 5.96. The maximum Gasteiger partial charge on any atom is 0.356 e. The van der Waals surface area contributed by atoms with Gasteiger partial charge < -0.3 is 9.72 Å². The molecule has 118 valence electrons. The lowest BCUT2D eigenvalue weighted by atomic mass is 10.1. The molecule has 1 aromatic carbocycles. The molecule has 7 nitrogen and oxygen atoms in total. The maximum atomic E-state index is 12.4. The summed E-state index contributed by atoms with van der Waals surface area (Å²) in [5, 5.41) is 0.799. The Hall–Kier alpha value is -3.09. The van der Waals surface area contributed by atoms with Crippen molar-refractivity contribution in [2.45, 2.75) is 13.3 Å². The summed E-state index contributed by atoms with van der Waals surface area (Å²) in [6.45, 7) is 1.43. The van der Waals surface area contributed by atoms with Gasteiger partial charge in [-0.25, -0.2) is 4.79 Å². The Kier molecular flexibility index (Phi) is 3.84. The van der Waals surface area contributed by atoms with Crippen molar-refractivity contribution in [2.75, 3.05) is 6.61 Å². The third-order valence-corrected chi connectivity index (χ3v) is 3.55. The van der Waals surface area contributed by atoms with Crippen molar-refractivity contribution in [2.24, 2.45) is 0 Å². The highest BCUT2D eigenvalue weighted by Gasteiger charge is 2.20. The summed E-state index contributed by atoms with van der Waals surface area (Å²) in [6, 6.07) is 7.44. The summed E-state index contributed by atoms with van der Waals surface area (Å²) in [5.74, 6) is -1.21. The standard InChI is InChI=1S/C16H15N3O4/c1-9-15(10-4-2-3-5-11(10)17-9)13(20)8-23-16(22)12-6-7-14(21)19-18-12/h2-6,17-18H,7-8H2,1H3,(H,19,21). The van der Waals surface area contributed by atoms with E-state index in [1.54, 1.807) is 6.92 Å². The lowest BCUT2D eigenvalue weighted by Gasteiger charge is -2.15. The summed E-state index contributed by atoms with van der Waals surface area (Å²) < 4.78 is 5.02. The molecular weight excluding hydrogens is 298 g/mol. The molecule has 0 saturated carbocycles. The van der Waals surface area contributed by atoms with E-state index < -0.39 is 5.97 Å². The van der Waals surface area contributed by atoms with Gasteiger partial charge in [-0.2, -0.15) is 0 Å². The summed E-state index contributed by atoms with van der Waals surface area (Å²) in [5.41, 5.74) is 6.98. The van der Waals surface area contributed by atoms with Crippen molar-refractivity contribution >= 4 is 28.6 Å². The minimum absolute atomic E-state index is 0.0902. The highest BCUT2D eigenvalue weighted by atomic mass is 16.5. The van der Waals surface area contributed by atoms with Crippen LogP contribution >= 0.6 is 0 Å². The first-order valence-electron chi connectivity index (χ1n) is 7.09. The molecule has 1 aromatic heterocycles. The predicted octanol–water partition coefficient (Wildman–Crippen LogP) is 1.11. The Bertz CT molecular complexity index is 835. The SMILES string of the molecule is Cc1[nH]c2ccccc2c1C(=O)COC(=O)C1=CCC(=O)NN1. The fourth-order valence-electron chi connectivity index (χ4n) is 2.49. The molecule has 0 bridgehead atoms. The van der Waals surface area contributed by atoms with E-state index in [0.29, 0.717) is 5.56 Å². The molecule has 23 heavy (non-hydrogen) atoms. The van der Waals surface area contributed by atoms with Crippen molar-refractivity contribution in [1.82, 2.24) is 15.8 Å². The first-order chi connectivity index (χ1) is 11.1. The molecule has 1 aliphatic rings. The normalized spacial score (nSPS) is 14.0. The van der Waals surface area contributed by atoms with E-state index in [-0.39, 0.29) is 30.4 Å². The largest absolute Gasteiger partial charge is 0.453 e. The van der Waals surface area contributed by atoms with Crippen molar-refractivity contribution in [1.29, 1.82) is 0 Å². The smallest absolute Gasteiger partial charge is 0.356 e. The number of aromatic amines is 1. The number of amides is 1. The number of nitrogens with one attached hydrogen (secondary N) is 3. The molecule has 3 rings (SSSR count). The van der Waals surface area contributed by atoms with Crippen molar-refractivity contribution in [3.05, 3.63) is 47.3 Å². The van der Waals surface area contributed by atoms with Crippen LogP contribution in [0.25, 0.3) is 10.9 Å². The number of fused-ring (bicyclic) bond motifs is 1. The van der Waals surface area contributed by atoms with Crippen LogP contribution in [0.1, 0.15) is 22.5 Å². The molecule has 2 heterocycles. The molecule has 0 fully saturated rings. The number of ether oxygens (including phenoxy) is 1. The van der Waals surface area contributed by atoms with Crippen LogP contribution in [0.3, 0.4) is 0 Å². The zero-order valence-electron chi connectivity index (χ0n) is 12.4. The Labute approximate surface area is 131 Å². The fraction of sp³-hybridized carbons (Fsp3) is 0.188. The zero-order chi connectivity index (χ0) is 16.4. The molecule has 0 unspecified atom stereocenters. The molecule has 0 aliphatic carbocycles. The Morgan fingerprint density at radius 1 is 1.22 bits per heavy atom. The topological polar surface area (TPSA) is 100 Å². The van der Waals surface area contributed by atoms with Gasteiger partial charge in [-0.15, -0.1) is 0 Å². The van der Waals surface area contributed by atoms with E-state index in [9.17, 15) is 14.4 Å². The monoisotopic (exact) mass is 313 g/mol. The van der Waals surface area contributed by atoms with E-state index in [1.165, 1.54) is 6.08 Å². The molecule has 1 amide bonds. The number of para-hydroxylation sites is 1. The van der Waals surface area contributed by atoms with E-state index in [0.717, 1.165) is 16.6 Å². The second-order valence-electron chi connectivity index (χ2n) is 5.16. The summed E-state index contributed by atoms with van der Waals surface area (Å²) >= 11 is 0. The number of Topliss-reactive ketones (excluding diaryl/α,β-unsaturated/α-hetero) is 1. The first kappa shape index (κ1) is 14.8. The molecule has 1 aliphatic heterocycles. The van der Waals surface area contributed by atoms with Crippen LogP contribution in [-0.2, 0) is 14.3 Å². The number of ketones is 1. The van der Waals surface area contributed by atoms with Crippen LogP contribution in [0.2, 0.25) is 0 Å². The van der Waals surface area contributed by atoms with Crippen molar-refractivity contribution in [3.63, 3.8) is 0 Å². The van der Waals surface area contributed by atoms with Crippen LogP contribution < -0.4 is 10.9 Å². The number of esters is 1. The molecule has 0 radical (unpaired) electrons. The number of carbonyl (C=O) groups excluding carboxylic acids is 3. The highest BCUT2D eigenvalue weighted by molar-refractivity contribution is 6.10. The number of hydrazine groups is 1. The lowest BCUT2D eigenvalue weighted by molar-refractivity contribution is -0.138. The molecule has 7 heteroatoms. The number of hydrogen-bond acceptors (Lipinski definition) is 5. The van der Waals surface area contributed by atoms with Gasteiger partial charge in [0.15, 0.2) is 6.61 Å². The van der Waals surface area contributed by atoms with Gasteiger partial charge in [-0.1, -0.05) is 18.2 Å². The van der Waals surface area contributed by atoms with Gasteiger partial charge in [0.25, 0.3) is 0 Å². The number of rotatable bonds is 4. The Morgan fingerprint density at radius 3 is 2.74 bits per heavy atom. The fourth-order valence-corrected chi connectivity index (χ4v) is 2.49. The minimum Gasteiger partial charge on any atom is -0.453 e. The average Bonchev–Trinajstić information content (AvgIpc) is 2.88. The molecule has 0 saturated heterocycles. The van der Waals surface area contributed by atoms with Gasteiger partial charge in [0.2, 0.25) is 11.7 Å². The molecule has 0 atom stereocenters. The number of carbonyl (C=O) groups is 3. The molecule has 0 spiro atoms. The summed E-state index contributed by atoms with van der Waals surface area (Å²) in [6.07, 6.45) is 1.51. The Balaban J connectivity index is 1.71. The third kappa shape index (κ3) is 2.94. The minimum atomic E-state index is -0.684. The summed E-state index contributed by atoms with van der Waals surface area (Å²) in [7, 11) is 0. The first-order valence-corrected chi connectivity index (χ1v) is 7.09. The average molecular weight is 313 g/mol. The van der Waals surface area contributed by atoms with E-state index in [2.05, 4.69) is 15.8 Å². The number of aryl methyl sites for hydroxylation is 1. The number of H-pyrrole nitrogens is 1. The van der Waals surface area contributed by atoms with Gasteiger partial charge in [-0.05, 0) is 19.1 Å². The lowest BCUT2D eigenvalue weighted by Crippen LogP contribution is -2.42. The van der Waals surface area contributed by atoms with E-state index in [1.807, 2.05) is 24.3 Å². The van der Waals surface area contributed by atoms with E-state index in [4.69, 9.17) is 4.74 Å². The van der Waals surface area contributed by atoms with Crippen molar-refractivity contribution < 1.29 is 19.1 Å². The van der Waals surface area contributed by atoms with Gasteiger partial charge in [0.1, 0.15) is 5.70 Å². The van der Waals surface area contributed by atoms with Crippen LogP contribution in [0.4, 0.5) is 0 Å². The van der Waals surface area contributed by atoms with Crippen LogP contribution in [0.5, 0.6) is 0 Å². The number of aromatic nitrogens is 1. The van der Waals surface area contributed by atoms with Crippen molar-refractivity contribution in [3.8, 4) is 0 Å². The maximum absolute atomic E-state index is 12.4. The van der Waals surface area contributed by atoms with Gasteiger partial charge in [0, 0.05) is 28.6 Å². The predicted molar refractivity (Wildman–Crippen MR) is 82.3 cm³/mol. The molecule has 3 N–H and O–H groups in total. The van der Waals surface area contributed by atoms with Crippen LogP contribution in [0.15, 0.2) is 36.0 Å². The van der Waals surface area contributed by atoms with Gasteiger partial charge in [0.05, 0.1) is 0 Å². The van der Waals surface area contributed by atoms with Gasteiger partial charge in [-0.3, -0.25) is 20.4 Å². The van der Waals surface area contributed by atoms with Crippen LogP contribution in [-0.4, -0.2) is 29.3 Å². The summed E-state index contributed by atoms with van der Waals surface area (Å²) in [4.78, 5) is 38.4. The zero-order valence-corrected chi connectivity index (χ0v) is 12.4. The molecule has 2 aromatic rings. The van der Waals surface area contributed by atoms with Crippen LogP contribution in [0, 0.1) is 6.92 Å². The third-order valence-electron chi connectivity index (χ3n) is 3.55. The highest BCUT2D eigenvalue weighted by Crippen LogP contribution is 2.22. The second-order valence-corrected chi connectivity index (χ2v) is 5.16. The number of benzene rings is 1. The number of hydrogen-bond donors (Lipinski definition) is 3. The quantitative estimate of drug-likeness (QED) is 0.580. The Morgan fingerprint density at radius 2 is 2.00 bits per heavy atom. The van der Waals surface area contributed by atoms with E-state index >= 15 is 0 Å². The van der Waals surface area contributed by atoms with Gasteiger partial charge >= 0.3 is 5.97 Å².